The maximum atomic E-state index is 8.45. The van der Waals surface area contributed by atoms with Crippen LogP contribution in [0.3, 0.4) is 0 Å². The Morgan fingerprint density at radius 1 is 0.696 bits per heavy atom. The molecule has 0 fully saturated rings. The second-order valence-corrected chi connectivity index (χ2v) is 5.65. The smallest absolute Gasteiger partial charge is 0.0629 e. The normalized spacial score (nSPS) is 13.9. The molecule has 23 heavy (non-hydrogen) atoms. The van der Waals surface area contributed by atoms with E-state index in [9.17, 15) is 0 Å². The van der Waals surface area contributed by atoms with Gasteiger partial charge in [0.1, 0.15) is 0 Å². The summed E-state index contributed by atoms with van der Waals surface area (Å²) in [4.78, 5) is 0. The lowest BCUT2D eigenvalue weighted by Gasteiger charge is -2.14. The second-order valence-electron chi connectivity index (χ2n) is 5.22. The summed E-state index contributed by atoms with van der Waals surface area (Å²) in [6.07, 6.45) is 0. The molecule has 0 saturated carbocycles. The fourth-order valence-electron chi connectivity index (χ4n) is 2.79. The van der Waals surface area contributed by atoms with Crippen LogP contribution in [0.2, 0.25) is 5.02 Å². The molecule has 4 rings (SSSR count). The van der Waals surface area contributed by atoms with E-state index < -0.39 is 6.04 Å². The molecule has 0 N–H and O–H groups in total. The van der Waals surface area contributed by atoms with Gasteiger partial charge in [0, 0.05) is 5.02 Å². The molecule has 0 amide bonds. The van der Waals surface area contributed by atoms with Crippen LogP contribution in [0.1, 0.15) is 6.85 Å². The number of benzene rings is 4. The van der Waals surface area contributed by atoms with E-state index in [2.05, 4.69) is 0 Å². The minimum atomic E-state index is -0.396. The molecule has 0 aliphatic carbocycles. The number of rotatable bonds is 2. The third-order valence-corrected chi connectivity index (χ3v) is 4.09. The Kier molecular flexibility index (Phi) is 2.45. The number of hydrogen-bond acceptors (Lipinski definition) is 0. The van der Waals surface area contributed by atoms with Crippen molar-refractivity contribution in [1.82, 2.24) is 0 Å². The topological polar surface area (TPSA) is 0 Å². The van der Waals surface area contributed by atoms with Gasteiger partial charge in [0.25, 0.3) is 0 Å². The van der Waals surface area contributed by atoms with Crippen LogP contribution in [0.15, 0.2) is 90.9 Å². The van der Waals surface area contributed by atoms with Crippen LogP contribution in [0.4, 0.5) is 0 Å². The first kappa shape index (κ1) is 9.54. The Morgan fingerprint density at radius 2 is 1.43 bits per heavy atom. The third-order valence-electron chi connectivity index (χ3n) is 3.83. The number of hydrogen-bond donors (Lipinski definition) is 0. The Morgan fingerprint density at radius 3 is 2.22 bits per heavy atom. The summed E-state index contributed by atoms with van der Waals surface area (Å²) >= 11 is 6.03. The van der Waals surface area contributed by atoms with Crippen LogP contribution in [0.25, 0.3) is 33.0 Å². The maximum Gasteiger partial charge on any atom is 0.0629 e. The van der Waals surface area contributed by atoms with Crippen molar-refractivity contribution in [3.8, 4) is 22.3 Å². The van der Waals surface area contributed by atoms with Gasteiger partial charge in [-0.05, 0) is 45.2 Å². The van der Waals surface area contributed by atoms with Gasteiger partial charge in [-0.15, -0.1) is 0 Å². The summed E-state index contributed by atoms with van der Waals surface area (Å²) < 4.78 is 40.9. The fraction of sp³-hybridized carbons (Fsp3) is 0. The van der Waals surface area contributed by atoms with Gasteiger partial charge in [-0.3, -0.25) is 0 Å². The molecule has 0 spiro atoms. The summed E-state index contributed by atoms with van der Waals surface area (Å²) in [5.74, 6) is 0. The summed E-state index contributed by atoms with van der Waals surface area (Å²) in [6.45, 7) is 0. The van der Waals surface area contributed by atoms with Gasteiger partial charge in [0.15, 0.2) is 0 Å². The first-order valence-electron chi connectivity index (χ1n) is 9.75. The molecule has 0 heterocycles. The van der Waals surface area contributed by atoms with Crippen LogP contribution in [-0.2, 0) is 0 Å². The van der Waals surface area contributed by atoms with E-state index in [4.69, 9.17) is 18.5 Å². The largest absolute Gasteiger partial charge is 0.0843 e. The molecule has 0 aliphatic rings. The monoisotopic (exact) mass is 319 g/mol. The van der Waals surface area contributed by atoms with Gasteiger partial charge in [0.05, 0.1) is 6.85 Å². The lowest BCUT2D eigenvalue weighted by Crippen LogP contribution is -1.87. The predicted molar refractivity (Wildman–Crippen MR) is 99.8 cm³/mol. The van der Waals surface area contributed by atoms with E-state index in [0.29, 0.717) is 10.6 Å². The van der Waals surface area contributed by atoms with E-state index in [-0.39, 0.29) is 29.7 Å². The minimum Gasteiger partial charge on any atom is -0.0843 e. The Bertz CT molecular complexity index is 1190. The molecule has 0 radical (unpaired) electrons. The molecule has 0 aliphatic heterocycles. The van der Waals surface area contributed by atoms with Crippen molar-refractivity contribution in [3.05, 3.63) is 95.9 Å². The van der Waals surface area contributed by atoms with Gasteiger partial charge in [-0.2, -0.15) is 0 Å². The molecule has 1 heteroatoms. The molecule has 4 aromatic carbocycles. The maximum absolute atomic E-state index is 8.45. The van der Waals surface area contributed by atoms with Crippen molar-refractivity contribution >= 4 is 22.4 Å². The van der Waals surface area contributed by atoms with E-state index in [1.54, 1.807) is 12.1 Å². The van der Waals surface area contributed by atoms with Crippen LogP contribution in [-0.4, -0.2) is 0 Å². The highest BCUT2D eigenvalue weighted by Crippen LogP contribution is 2.38. The summed E-state index contributed by atoms with van der Waals surface area (Å²) in [5.41, 5.74) is 2.47. The quantitative estimate of drug-likeness (QED) is 0.380. The third kappa shape index (κ3) is 2.62. The first-order chi connectivity index (χ1) is 13.4. The van der Waals surface area contributed by atoms with Crippen LogP contribution in [0, 0.1) is 0 Å². The fourth-order valence-corrected chi connectivity index (χ4v) is 2.91. The highest BCUT2D eigenvalue weighted by molar-refractivity contribution is 6.30. The molecule has 110 valence electrons. The van der Waals surface area contributed by atoms with E-state index in [1.165, 1.54) is 0 Å². The summed E-state index contributed by atoms with van der Waals surface area (Å²) in [5, 5.41) is 2.37. The van der Waals surface area contributed by atoms with Crippen LogP contribution >= 0.6 is 11.6 Å². The minimum absolute atomic E-state index is 0.202. The van der Waals surface area contributed by atoms with Gasteiger partial charge < -0.3 is 0 Å². The number of fused-ring (bicyclic) bond motifs is 1. The van der Waals surface area contributed by atoms with Gasteiger partial charge in [-0.1, -0.05) is 90.3 Å². The lowest BCUT2D eigenvalue weighted by molar-refractivity contribution is 1.61. The number of halogens is 1. The average molecular weight is 320 g/mol. The Hall–Kier alpha value is -2.57. The van der Waals surface area contributed by atoms with E-state index in [0.717, 1.165) is 21.9 Å². The predicted octanol–water partition coefficient (Wildman–Crippen LogP) is 6.83. The van der Waals surface area contributed by atoms with Crippen LogP contribution in [0.5, 0.6) is 0 Å². The zero-order chi connectivity index (χ0) is 20.0. The lowest BCUT2D eigenvalue weighted by atomic mass is 9.90. The second kappa shape index (κ2) is 5.91. The highest BCUT2D eigenvalue weighted by atomic mass is 35.5. The zero-order valence-corrected chi connectivity index (χ0v) is 12.9. The molecule has 0 bridgehead atoms. The first-order valence-corrected chi connectivity index (χ1v) is 7.63. The molecule has 0 aromatic heterocycles. The van der Waals surface area contributed by atoms with Crippen molar-refractivity contribution in [3.63, 3.8) is 0 Å². The van der Waals surface area contributed by atoms with Crippen molar-refractivity contribution < 1.29 is 6.85 Å². The van der Waals surface area contributed by atoms with Gasteiger partial charge >= 0.3 is 0 Å². The van der Waals surface area contributed by atoms with E-state index in [1.807, 2.05) is 48.5 Å². The van der Waals surface area contributed by atoms with Crippen LogP contribution < -0.4 is 0 Å². The average Bonchev–Trinajstić information content (AvgIpc) is 2.72. The van der Waals surface area contributed by atoms with Crippen molar-refractivity contribution in [1.29, 1.82) is 0 Å². The van der Waals surface area contributed by atoms with Crippen molar-refractivity contribution in [2.45, 2.75) is 0 Å². The molecule has 4 aromatic rings. The highest BCUT2D eigenvalue weighted by Gasteiger charge is 2.11. The van der Waals surface area contributed by atoms with Crippen molar-refractivity contribution in [2.75, 3.05) is 0 Å². The molecular weight excluding hydrogens is 300 g/mol. The molecule has 0 atom stereocenters. The molecular formula is C22H15Cl. The standard InChI is InChI=1S/C22H15Cl/c23-19-13-10-17(11-14-19)21-15-12-16-6-4-5-9-20(16)22(21)18-7-2-1-3-8-18/h1-15H/i1D,2D,3D,7D,8D. The Balaban J connectivity index is 2.18. The van der Waals surface area contributed by atoms with Gasteiger partial charge in [-0.25, -0.2) is 0 Å². The summed E-state index contributed by atoms with van der Waals surface area (Å²) in [6, 6.07) is 17.3. The van der Waals surface area contributed by atoms with Crippen molar-refractivity contribution in [2.24, 2.45) is 0 Å². The Labute approximate surface area is 148 Å². The SMILES string of the molecule is [2H]c1c([2H])c([2H])c(-c2c(-c3ccc(Cl)cc3)ccc3ccccc23)c([2H])c1[2H]. The zero-order valence-electron chi connectivity index (χ0n) is 17.2. The molecule has 0 saturated heterocycles. The van der Waals surface area contributed by atoms with E-state index >= 15 is 0 Å². The molecule has 0 nitrogen and oxygen atoms in total. The molecule has 0 unspecified atom stereocenters. The summed E-state index contributed by atoms with van der Waals surface area (Å²) in [7, 11) is 0. The van der Waals surface area contributed by atoms with Gasteiger partial charge in [0.2, 0.25) is 0 Å².